The van der Waals surface area contributed by atoms with Crippen molar-refractivity contribution in [3.63, 3.8) is 0 Å². The number of esters is 2. The van der Waals surface area contributed by atoms with Crippen LogP contribution in [-0.2, 0) is 18.9 Å². The molecule has 4 aromatic carbocycles. The highest BCUT2D eigenvalue weighted by Gasteiger charge is 2.24. The maximum absolute atomic E-state index is 12.6. The second-order valence-corrected chi connectivity index (χ2v) is 12.8. The lowest BCUT2D eigenvalue weighted by atomic mass is 10.2. The molecule has 0 saturated carbocycles. The third kappa shape index (κ3) is 12.8. The Bertz CT molecular complexity index is 1730. The molecule has 0 N–H and O–H groups in total. The fraction of sp³-hybridized carbons (Fsp3) is 0.366. The van der Waals surface area contributed by atoms with Crippen LogP contribution in [0.25, 0.3) is 0 Å². The zero-order valence-corrected chi connectivity index (χ0v) is 30.0. The van der Waals surface area contributed by atoms with Gasteiger partial charge in [0, 0.05) is 0 Å². The lowest BCUT2D eigenvalue weighted by Gasteiger charge is -2.20. The molecule has 2 aliphatic heterocycles. The fourth-order valence-electron chi connectivity index (χ4n) is 4.87. The molecule has 2 heterocycles. The van der Waals surface area contributed by atoms with Gasteiger partial charge in [0.25, 0.3) is 0 Å². The van der Waals surface area contributed by atoms with E-state index < -0.39 is 11.9 Å². The van der Waals surface area contributed by atoms with E-state index in [1.54, 1.807) is 97.1 Å². The van der Waals surface area contributed by atoms with Crippen LogP contribution in [0.15, 0.2) is 97.1 Å². The summed E-state index contributed by atoms with van der Waals surface area (Å²) >= 11 is 0. The molecular weight excluding hydrogens is 684 g/mol. The zero-order valence-electron chi connectivity index (χ0n) is 30.0. The van der Waals surface area contributed by atoms with Gasteiger partial charge in [-0.2, -0.15) is 0 Å². The molecule has 53 heavy (non-hydrogen) atoms. The van der Waals surface area contributed by atoms with Crippen molar-refractivity contribution < 1.29 is 57.0 Å². The van der Waals surface area contributed by atoms with Gasteiger partial charge in [0.05, 0.1) is 50.3 Å². The number of hydrogen-bond donors (Lipinski definition) is 0. The van der Waals surface area contributed by atoms with E-state index in [2.05, 4.69) is 0 Å². The Hall–Kier alpha value is -5.14. The third-order valence-corrected chi connectivity index (χ3v) is 7.92. The highest BCUT2D eigenvalue weighted by atomic mass is 16.6. The lowest BCUT2D eigenvalue weighted by Crippen LogP contribution is -2.27. The van der Waals surface area contributed by atoms with Gasteiger partial charge in [-0.3, -0.25) is 0 Å². The van der Waals surface area contributed by atoms with E-state index in [1.807, 2.05) is 20.8 Å². The topological polar surface area (TPSA) is 133 Å². The average molecular weight is 729 g/mol. The van der Waals surface area contributed by atoms with E-state index in [0.717, 1.165) is 13.2 Å². The van der Waals surface area contributed by atoms with E-state index >= 15 is 0 Å². The molecular formula is C41H44O12. The van der Waals surface area contributed by atoms with Gasteiger partial charge >= 0.3 is 11.9 Å². The molecule has 2 aliphatic rings. The van der Waals surface area contributed by atoms with Crippen molar-refractivity contribution in [3.8, 4) is 34.5 Å². The quantitative estimate of drug-likeness (QED) is 0.0539. The number of carbonyl (C=O) groups is 2. The van der Waals surface area contributed by atoms with Crippen LogP contribution >= 0.6 is 0 Å². The predicted octanol–water partition coefficient (Wildman–Crippen LogP) is 6.34. The maximum atomic E-state index is 12.6. The number of rotatable bonds is 21. The molecule has 0 aliphatic carbocycles. The number of benzene rings is 4. The first kappa shape index (κ1) is 37.6. The minimum atomic E-state index is -0.471. The van der Waals surface area contributed by atoms with Crippen molar-refractivity contribution in [2.24, 2.45) is 0 Å². The van der Waals surface area contributed by atoms with Crippen molar-refractivity contribution >= 4 is 11.9 Å². The van der Waals surface area contributed by atoms with Crippen LogP contribution in [0.4, 0.5) is 0 Å². The van der Waals surface area contributed by atoms with Crippen LogP contribution in [0.1, 0.15) is 41.5 Å². The van der Waals surface area contributed by atoms with Crippen LogP contribution in [-0.4, -0.2) is 88.7 Å². The summed E-state index contributed by atoms with van der Waals surface area (Å²) in [5, 5.41) is 0. The Morgan fingerprint density at radius 3 is 1.30 bits per heavy atom. The average Bonchev–Trinajstić information content (AvgIpc) is 4.11. The fourth-order valence-corrected chi connectivity index (χ4v) is 4.87. The minimum Gasteiger partial charge on any atom is -0.491 e. The second-order valence-electron chi connectivity index (χ2n) is 12.8. The lowest BCUT2D eigenvalue weighted by molar-refractivity contribution is -0.0428. The minimum absolute atomic E-state index is 0.172. The number of carbonyl (C=O) groups excluding carboxylic acids is 2. The Kier molecular flexibility index (Phi) is 13.2. The number of ether oxygens (including phenoxy) is 10. The Balaban J connectivity index is 0.826. The second kappa shape index (κ2) is 18.6. The highest BCUT2D eigenvalue weighted by Crippen LogP contribution is 2.23. The van der Waals surface area contributed by atoms with Gasteiger partial charge in [-0.15, -0.1) is 0 Å². The largest absolute Gasteiger partial charge is 0.491 e. The van der Waals surface area contributed by atoms with Crippen LogP contribution in [0.2, 0.25) is 0 Å². The molecule has 4 aromatic rings. The molecule has 12 nitrogen and oxygen atoms in total. The Morgan fingerprint density at radius 1 is 0.528 bits per heavy atom. The summed E-state index contributed by atoms with van der Waals surface area (Å²) in [6.07, 6.45) is -0.304. The first-order valence-corrected chi connectivity index (χ1v) is 17.6. The maximum Gasteiger partial charge on any atom is 0.343 e. The SMILES string of the molecule is CC(COCC(C)Oc1ccc(C(=O)Oc2ccc(OCC3CO3)cc2)cc1)OCC(C)Oc1ccc(C(=O)Oc2ccc(OCC3CO3)cc2)cc1. The van der Waals surface area contributed by atoms with Gasteiger partial charge in [0.2, 0.25) is 0 Å². The monoisotopic (exact) mass is 728 g/mol. The number of hydrogen-bond acceptors (Lipinski definition) is 12. The molecule has 0 amide bonds. The van der Waals surface area contributed by atoms with Crippen molar-refractivity contribution in [1.82, 2.24) is 0 Å². The van der Waals surface area contributed by atoms with Crippen LogP contribution in [0.5, 0.6) is 34.5 Å². The van der Waals surface area contributed by atoms with Gasteiger partial charge < -0.3 is 47.4 Å². The van der Waals surface area contributed by atoms with Gasteiger partial charge in [0.15, 0.2) is 0 Å². The van der Waals surface area contributed by atoms with Crippen LogP contribution in [0.3, 0.4) is 0 Å². The van der Waals surface area contributed by atoms with Crippen molar-refractivity contribution in [1.29, 1.82) is 0 Å². The molecule has 0 radical (unpaired) electrons. The molecule has 6 rings (SSSR count). The summed E-state index contributed by atoms with van der Waals surface area (Å²) in [4.78, 5) is 25.2. The van der Waals surface area contributed by atoms with Crippen molar-refractivity contribution in [3.05, 3.63) is 108 Å². The van der Waals surface area contributed by atoms with E-state index in [-0.39, 0.29) is 30.5 Å². The molecule has 280 valence electrons. The first-order valence-electron chi connectivity index (χ1n) is 17.6. The number of epoxide rings is 2. The van der Waals surface area contributed by atoms with Crippen LogP contribution in [0, 0.1) is 0 Å². The van der Waals surface area contributed by atoms with E-state index in [1.165, 1.54) is 0 Å². The standard InChI is InChI=1S/C41H44O12/c1-27(45-22-29(3)51-35-10-6-31(7-11-35)41(43)53-37-18-14-33(15-19-37)47-24-39-26-49-39)20-44-21-28(2)50-34-8-4-30(5-9-34)40(42)52-36-16-12-32(13-17-36)46-23-38-25-48-38/h4-19,27-29,38-39H,20-26H2,1-3H3. The van der Waals surface area contributed by atoms with Gasteiger partial charge in [-0.1, -0.05) is 0 Å². The molecule has 5 atom stereocenters. The molecule has 12 heteroatoms. The van der Waals surface area contributed by atoms with Crippen molar-refractivity contribution in [2.45, 2.75) is 51.3 Å². The molecule has 0 aromatic heterocycles. The van der Waals surface area contributed by atoms with Crippen molar-refractivity contribution in [2.75, 3.05) is 46.2 Å². The zero-order chi connectivity index (χ0) is 37.0. The highest BCUT2D eigenvalue weighted by molar-refractivity contribution is 5.91. The summed E-state index contributed by atoms with van der Waals surface area (Å²) in [6.45, 7) is 9.27. The normalized spacial score (nSPS) is 17.5. The Morgan fingerprint density at radius 2 is 0.887 bits per heavy atom. The molecule has 0 spiro atoms. The Labute approximate surface area is 308 Å². The summed E-state index contributed by atoms with van der Waals surface area (Å²) in [5.74, 6) is 2.50. The van der Waals surface area contributed by atoms with Crippen LogP contribution < -0.4 is 28.4 Å². The summed E-state index contributed by atoms with van der Waals surface area (Å²) in [5.41, 5.74) is 0.802. The third-order valence-electron chi connectivity index (χ3n) is 7.92. The smallest absolute Gasteiger partial charge is 0.343 e. The molecule has 2 saturated heterocycles. The molecule has 2 fully saturated rings. The summed E-state index contributed by atoms with van der Waals surface area (Å²) in [7, 11) is 0. The molecule has 5 unspecified atom stereocenters. The van der Waals surface area contributed by atoms with Gasteiger partial charge in [-0.05, 0) is 118 Å². The first-order chi connectivity index (χ1) is 25.8. The molecule has 0 bridgehead atoms. The van der Waals surface area contributed by atoms with Gasteiger partial charge in [0.1, 0.15) is 72.1 Å². The summed E-state index contributed by atoms with van der Waals surface area (Å²) in [6, 6.07) is 27.3. The predicted molar refractivity (Wildman–Crippen MR) is 193 cm³/mol. The van der Waals surface area contributed by atoms with Gasteiger partial charge in [-0.25, -0.2) is 9.59 Å². The van der Waals surface area contributed by atoms with E-state index in [0.29, 0.717) is 78.7 Å². The van der Waals surface area contributed by atoms with E-state index in [4.69, 9.17) is 47.4 Å². The summed E-state index contributed by atoms with van der Waals surface area (Å²) < 4.78 is 56.1. The van der Waals surface area contributed by atoms with E-state index in [9.17, 15) is 9.59 Å².